The third-order valence-electron chi connectivity index (χ3n) is 3.20. The summed E-state index contributed by atoms with van der Waals surface area (Å²) in [5, 5.41) is 0. The Hall–Kier alpha value is -1.78. The monoisotopic (exact) mass is 278 g/mol. The third kappa shape index (κ3) is 5.91. The molecule has 5 nitrogen and oxygen atoms in total. The number of carbonyl (C=O) groups excluding carboxylic acids is 2. The molecule has 5 heteroatoms. The maximum absolute atomic E-state index is 11.8. The Labute approximate surface area is 119 Å². The molecule has 1 aromatic heterocycles. The molecular formula is C15H22N2O3. The molecule has 0 bridgehead atoms. The van der Waals surface area contributed by atoms with Crippen LogP contribution in [0, 0.1) is 5.92 Å². The molecule has 0 aromatic carbocycles. The highest BCUT2D eigenvalue weighted by atomic mass is 16.5. The summed E-state index contributed by atoms with van der Waals surface area (Å²) in [4.78, 5) is 30.9. The standard InChI is InChI=1S/C15H22N2O3/c1-3-5-6-12(4-2)10-20-15(19)9-14(18)13-7-8-16-11-17-13/h7-8,11-12H,3-6,9-10H2,1-2H3. The van der Waals surface area contributed by atoms with Crippen LogP contribution in [-0.2, 0) is 9.53 Å². The molecule has 0 radical (unpaired) electrons. The smallest absolute Gasteiger partial charge is 0.313 e. The summed E-state index contributed by atoms with van der Waals surface area (Å²) in [6.07, 6.45) is 6.81. The van der Waals surface area contributed by atoms with Crippen molar-refractivity contribution >= 4 is 11.8 Å². The summed E-state index contributed by atoms with van der Waals surface area (Å²) in [5.74, 6) is -0.435. The largest absolute Gasteiger partial charge is 0.465 e. The van der Waals surface area contributed by atoms with Crippen molar-refractivity contribution in [3.05, 3.63) is 24.3 Å². The third-order valence-corrected chi connectivity index (χ3v) is 3.20. The fourth-order valence-electron chi connectivity index (χ4n) is 1.84. The van der Waals surface area contributed by atoms with E-state index >= 15 is 0 Å². The van der Waals surface area contributed by atoms with E-state index in [0.717, 1.165) is 25.7 Å². The van der Waals surface area contributed by atoms with Gasteiger partial charge in [0.05, 0.1) is 6.61 Å². The SMILES string of the molecule is CCCCC(CC)COC(=O)CC(=O)c1ccncn1. The van der Waals surface area contributed by atoms with Crippen molar-refractivity contribution in [2.24, 2.45) is 5.92 Å². The van der Waals surface area contributed by atoms with Crippen LogP contribution in [0.25, 0.3) is 0 Å². The molecule has 0 N–H and O–H groups in total. The Balaban J connectivity index is 2.34. The van der Waals surface area contributed by atoms with Crippen molar-refractivity contribution in [2.75, 3.05) is 6.61 Å². The van der Waals surface area contributed by atoms with Crippen LogP contribution in [0.5, 0.6) is 0 Å². The Kier molecular flexibility index (Phi) is 7.47. The van der Waals surface area contributed by atoms with E-state index in [1.165, 1.54) is 18.6 Å². The van der Waals surface area contributed by atoms with Crippen LogP contribution in [0.15, 0.2) is 18.6 Å². The second-order valence-electron chi connectivity index (χ2n) is 4.79. The summed E-state index contributed by atoms with van der Waals surface area (Å²) in [5.41, 5.74) is 0.245. The number of nitrogens with zero attached hydrogens (tertiary/aromatic N) is 2. The second-order valence-corrected chi connectivity index (χ2v) is 4.79. The Morgan fingerprint density at radius 3 is 2.75 bits per heavy atom. The number of hydrogen-bond acceptors (Lipinski definition) is 5. The van der Waals surface area contributed by atoms with Gasteiger partial charge >= 0.3 is 5.97 Å². The predicted octanol–water partition coefficient (Wildman–Crippen LogP) is 2.81. The Bertz CT molecular complexity index is 420. The minimum absolute atomic E-state index is 0.245. The first-order chi connectivity index (χ1) is 9.67. The van der Waals surface area contributed by atoms with E-state index in [9.17, 15) is 9.59 Å². The molecule has 0 spiro atoms. The van der Waals surface area contributed by atoms with Crippen LogP contribution in [0.4, 0.5) is 0 Å². The number of ether oxygens (including phenoxy) is 1. The number of Topliss-reactive ketones (excluding diaryl/α,β-unsaturated/α-hetero) is 1. The van der Waals surface area contributed by atoms with Gasteiger partial charge in [-0.1, -0.05) is 33.1 Å². The van der Waals surface area contributed by atoms with Crippen LogP contribution < -0.4 is 0 Å². The molecule has 0 aliphatic heterocycles. The Morgan fingerprint density at radius 2 is 2.15 bits per heavy atom. The average Bonchev–Trinajstić information content (AvgIpc) is 2.48. The average molecular weight is 278 g/mol. The molecule has 1 heterocycles. The van der Waals surface area contributed by atoms with Gasteiger partial charge in [0.2, 0.25) is 0 Å². The quantitative estimate of drug-likeness (QED) is 0.394. The molecule has 0 aliphatic carbocycles. The first-order valence-electron chi connectivity index (χ1n) is 7.12. The van der Waals surface area contributed by atoms with Crippen molar-refractivity contribution in [1.82, 2.24) is 9.97 Å². The van der Waals surface area contributed by atoms with Gasteiger partial charge < -0.3 is 4.74 Å². The highest BCUT2D eigenvalue weighted by Crippen LogP contribution is 2.13. The van der Waals surface area contributed by atoms with Gasteiger partial charge in [-0.2, -0.15) is 0 Å². The van der Waals surface area contributed by atoms with Gasteiger partial charge in [0.1, 0.15) is 18.4 Å². The Morgan fingerprint density at radius 1 is 1.35 bits per heavy atom. The molecule has 0 amide bonds. The molecule has 0 aliphatic rings. The summed E-state index contributed by atoms with van der Waals surface area (Å²) in [6.45, 7) is 4.62. The minimum Gasteiger partial charge on any atom is -0.465 e. The summed E-state index contributed by atoms with van der Waals surface area (Å²) < 4.78 is 5.18. The first kappa shape index (κ1) is 16.3. The minimum atomic E-state index is -0.483. The predicted molar refractivity (Wildman–Crippen MR) is 75.2 cm³/mol. The molecule has 0 fully saturated rings. The van der Waals surface area contributed by atoms with E-state index in [0.29, 0.717) is 12.5 Å². The van der Waals surface area contributed by atoms with Crippen molar-refractivity contribution < 1.29 is 14.3 Å². The molecular weight excluding hydrogens is 256 g/mol. The van der Waals surface area contributed by atoms with E-state index in [2.05, 4.69) is 23.8 Å². The number of aromatic nitrogens is 2. The number of unbranched alkanes of at least 4 members (excludes halogenated alkanes) is 1. The molecule has 1 rings (SSSR count). The van der Waals surface area contributed by atoms with Gasteiger partial charge in [-0.05, 0) is 18.4 Å². The van der Waals surface area contributed by atoms with E-state index < -0.39 is 5.97 Å². The number of hydrogen-bond donors (Lipinski definition) is 0. The normalized spacial score (nSPS) is 11.9. The van der Waals surface area contributed by atoms with Gasteiger partial charge in [0.25, 0.3) is 0 Å². The van der Waals surface area contributed by atoms with Crippen LogP contribution in [0.1, 0.15) is 56.4 Å². The number of rotatable bonds is 9. The summed E-state index contributed by atoms with van der Waals surface area (Å²) in [6, 6.07) is 1.49. The number of esters is 1. The molecule has 110 valence electrons. The maximum Gasteiger partial charge on any atom is 0.313 e. The molecule has 0 saturated heterocycles. The highest BCUT2D eigenvalue weighted by Gasteiger charge is 2.15. The second kappa shape index (κ2) is 9.18. The van der Waals surface area contributed by atoms with Crippen molar-refractivity contribution in [2.45, 2.75) is 46.0 Å². The lowest BCUT2D eigenvalue weighted by Gasteiger charge is -2.14. The zero-order valence-electron chi connectivity index (χ0n) is 12.2. The fraction of sp³-hybridized carbons (Fsp3) is 0.600. The lowest BCUT2D eigenvalue weighted by atomic mass is 10.0. The van der Waals surface area contributed by atoms with E-state index in [4.69, 9.17) is 4.74 Å². The van der Waals surface area contributed by atoms with E-state index in [-0.39, 0.29) is 17.9 Å². The number of ketones is 1. The molecule has 20 heavy (non-hydrogen) atoms. The lowest BCUT2D eigenvalue weighted by Crippen LogP contribution is -2.17. The first-order valence-corrected chi connectivity index (χ1v) is 7.12. The summed E-state index contributed by atoms with van der Waals surface area (Å²) in [7, 11) is 0. The molecule has 1 aromatic rings. The topological polar surface area (TPSA) is 69.2 Å². The van der Waals surface area contributed by atoms with Crippen LogP contribution in [0.2, 0.25) is 0 Å². The zero-order chi connectivity index (χ0) is 14.8. The lowest BCUT2D eigenvalue weighted by molar-refractivity contribution is -0.144. The van der Waals surface area contributed by atoms with E-state index in [1.807, 2.05) is 0 Å². The van der Waals surface area contributed by atoms with Gasteiger partial charge in [-0.25, -0.2) is 9.97 Å². The van der Waals surface area contributed by atoms with Crippen LogP contribution in [0.3, 0.4) is 0 Å². The van der Waals surface area contributed by atoms with Gasteiger partial charge in [0.15, 0.2) is 5.78 Å². The van der Waals surface area contributed by atoms with Gasteiger partial charge in [-0.15, -0.1) is 0 Å². The van der Waals surface area contributed by atoms with Crippen molar-refractivity contribution in [3.8, 4) is 0 Å². The van der Waals surface area contributed by atoms with Crippen molar-refractivity contribution in [3.63, 3.8) is 0 Å². The maximum atomic E-state index is 11.8. The van der Waals surface area contributed by atoms with E-state index in [1.54, 1.807) is 0 Å². The van der Waals surface area contributed by atoms with Gasteiger partial charge in [-0.3, -0.25) is 9.59 Å². The highest BCUT2D eigenvalue weighted by molar-refractivity contribution is 6.04. The van der Waals surface area contributed by atoms with Crippen LogP contribution >= 0.6 is 0 Å². The fourth-order valence-corrected chi connectivity index (χ4v) is 1.84. The zero-order valence-corrected chi connectivity index (χ0v) is 12.2. The molecule has 1 unspecified atom stereocenters. The summed E-state index contributed by atoms with van der Waals surface area (Å²) >= 11 is 0. The van der Waals surface area contributed by atoms with Crippen LogP contribution in [-0.4, -0.2) is 28.3 Å². The van der Waals surface area contributed by atoms with Gasteiger partial charge in [0, 0.05) is 6.20 Å². The number of carbonyl (C=O) groups is 2. The molecule has 0 saturated carbocycles. The van der Waals surface area contributed by atoms with Crippen molar-refractivity contribution in [1.29, 1.82) is 0 Å². The molecule has 1 atom stereocenters.